The minimum Gasteiger partial charge on any atom is -0.496 e. The Morgan fingerprint density at radius 3 is 2.00 bits per heavy atom. The summed E-state index contributed by atoms with van der Waals surface area (Å²) in [7, 11) is 3.08. The summed E-state index contributed by atoms with van der Waals surface area (Å²) < 4.78 is 15.9. The Labute approximate surface area is 121 Å². The van der Waals surface area contributed by atoms with Gasteiger partial charge in [-0.1, -0.05) is 0 Å². The molecule has 0 spiro atoms. The van der Waals surface area contributed by atoms with E-state index < -0.39 is 5.97 Å². The van der Waals surface area contributed by atoms with Crippen LogP contribution in [0.5, 0.6) is 23.0 Å². The average molecular weight is 289 g/mol. The zero-order valence-electron chi connectivity index (χ0n) is 11.6. The Hall–Kier alpha value is -2.89. The number of aromatic carboxylic acids is 1. The van der Waals surface area contributed by atoms with Crippen molar-refractivity contribution in [3.05, 3.63) is 42.0 Å². The Morgan fingerprint density at radius 1 is 0.952 bits per heavy atom. The number of carboxylic acid groups (broad SMARTS) is 1. The Balaban J connectivity index is 2.29. The quantitative estimate of drug-likeness (QED) is 0.822. The van der Waals surface area contributed by atoms with Crippen molar-refractivity contribution in [1.29, 1.82) is 0 Å². The highest BCUT2D eigenvalue weighted by atomic mass is 16.5. The van der Waals surface area contributed by atoms with E-state index in [0.29, 0.717) is 23.0 Å². The van der Waals surface area contributed by atoms with Crippen LogP contribution in [0.3, 0.4) is 0 Å². The number of nitrogens with two attached hydrogens (primary N) is 1. The molecule has 0 heterocycles. The predicted molar refractivity (Wildman–Crippen MR) is 77.4 cm³/mol. The number of hydrogen-bond acceptors (Lipinski definition) is 5. The van der Waals surface area contributed by atoms with Crippen LogP contribution in [0.15, 0.2) is 36.4 Å². The van der Waals surface area contributed by atoms with Crippen molar-refractivity contribution in [2.45, 2.75) is 0 Å². The number of nitrogen functional groups attached to an aromatic ring is 1. The van der Waals surface area contributed by atoms with E-state index in [2.05, 4.69) is 0 Å². The normalized spacial score (nSPS) is 10.0. The fourth-order valence-electron chi connectivity index (χ4n) is 1.78. The molecule has 21 heavy (non-hydrogen) atoms. The molecule has 2 aromatic carbocycles. The Morgan fingerprint density at radius 2 is 1.52 bits per heavy atom. The molecule has 0 saturated heterocycles. The second kappa shape index (κ2) is 6.04. The maximum atomic E-state index is 10.9. The van der Waals surface area contributed by atoms with Gasteiger partial charge in [-0.3, -0.25) is 0 Å². The van der Waals surface area contributed by atoms with Crippen LogP contribution in [0, 0.1) is 0 Å². The standard InChI is InChI=1S/C15H15NO5/c1-19-10-5-11(20-2)7-12(6-10)21-9-3-4-13(15(17)18)14(16)8-9/h3-8H,16H2,1-2H3,(H,17,18). The van der Waals surface area contributed by atoms with Gasteiger partial charge in [0.15, 0.2) is 0 Å². The molecular weight excluding hydrogens is 274 g/mol. The second-order valence-corrected chi connectivity index (χ2v) is 4.20. The van der Waals surface area contributed by atoms with Gasteiger partial charge in [0.05, 0.1) is 19.8 Å². The van der Waals surface area contributed by atoms with Gasteiger partial charge in [-0.05, 0) is 12.1 Å². The molecule has 0 unspecified atom stereocenters. The van der Waals surface area contributed by atoms with Crippen LogP contribution in [0.1, 0.15) is 10.4 Å². The number of carboxylic acids is 1. The molecule has 110 valence electrons. The van der Waals surface area contributed by atoms with E-state index in [4.69, 9.17) is 25.1 Å². The topological polar surface area (TPSA) is 91.0 Å². The molecule has 0 aliphatic heterocycles. The van der Waals surface area contributed by atoms with Gasteiger partial charge in [0.1, 0.15) is 23.0 Å². The fourth-order valence-corrected chi connectivity index (χ4v) is 1.78. The van der Waals surface area contributed by atoms with Crippen molar-refractivity contribution in [2.24, 2.45) is 0 Å². The summed E-state index contributed by atoms with van der Waals surface area (Å²) in [6.07, 6.45) is 0. The predicted octanol–water partition coefficient (Wildman–Crippen LogP) is 2.78. The smallest absolute Gasteiger partial charge is 0.337 e. The number of benzene rings is 2. The molecule has 0 radical (unpaired) electrons. The van der Waals surface area contributed by atoms with Crippen LogP contribution in [0.25, 0.3) is 0 Å². The summed E-state index contributed by atoms with van der Waals surface area (Å²) in [6, 6.07) is 9.47. The van der Waals surface area contributed by atoms with E-state index in [0.717, 1.165) is 0 Å². The first-order chi connectivity index (χ1) is 10.0. The maximum absolute atomic E-state index is 10.9. The zero-order chi connectivity index (χ0) is 15.4. The van der Waals surface area contributed by atoms with Gasteiger partial charge in [0, 0.05) is 30.0 Å². The van der Waals surface area contributed by atoms with Gasteiger partial charge in [-0.15, -0.1) is 0 Å². The average Bonchev–Trinajstić information content (AvgIpc) is 2.46. The first-order valence-electron chi connectivity index (χ1n) is 6.07. The lowest BCUT2D eigenvalue weighted by molar-refractivity contribution is 0.0698. The lowest BCUT2D eigenvalue weighted by Gasteiger charge is -2.11. The molecule has 0 aliphatic rings. The van der Waals surface area contributed by atoms with Gasteiger partial charge in [0.25, 0.3) is 0 Å². The van der Waals surface area contributed by atoms with Crippen LogP contribution in [0.4, 0.5) is 5.69 Å². The van der Waals surface area contributed by atoms with E-state index in [1.54, 1.807) is 18.2 Å². The summed E-state index contributed by atoms with van der Waals surface area (Å²) in [6.45, 7) is 0. The Bertz CT molecular complexity index is 647. The highest BCUT2D eigenvalue weighted by Gasteiger charge is 2.10. The second-order valence-electron chi connectivity index (χ2n) is 4.20. The first kappa shape index (κ1) is 14.5. The summed E-state index contributed by atoms with van der Waals surface area (Å²) in [5, 5.41) is 8.93. The van der Waals surface area contributed by atoms with Gasteiger partial charge in [0.2, 0.25) is 0 Å². The van der Waals surface area contributed by atoms with Crippen LogP contribution < -0.4 is 19.9 Å². The number of carbonyl (C=O) groups is 1. The summed E-state index contributed by atoms with van der Waals surface area (Å²) in [5.74, 6) is 1.00. The zero-order valence-corrected chi connectivity index (χ0v) is 11.6. The van der Waals surface area contributed by atoms with Crippen molar-refractivity contribution >= 4 is 11.7 Å². The van der Waals surface area contributed by atoms with Crippen LogP contribution >= 0.6 is 0 Å². The third kappa shape index (κ3) is 3.36. The van der Waals surface area contributed by atoms with Crippen molar-refractivity contribution in [1.82, 2.24) is 0 Å². The Kier molecular flexibility index (Phi) is 4.18. The maximum Gasteiger partial charge on any atom is 0.337 e. The molecule has 2 rings (SSSR count). The third-order valence-corrected chi connectivity index (χ3v) is 2.81. The van der Waals surface area contributed by atoms with E-state index in [-0.39, 0.29) is 11.3 Å². The highest BCUT2D eigenvalue weighted by molar-refractivity contribution is 5.93. The number of methoxy groups -OCH3 is 2. The number of ether oxygens (including phenoxy) is 3. The molecule has 2 aromatic rings. The minimum atomic E-state index is -1.08. The van der Waals surface area contributed by atoms with Crippen molar-refractivity contribution in [3.63, 3.8) is 0 Å². The molecule has 6 heteroatoms. The van der Waals surface area contributed by atoms with Crippen LogP contribution in [-0.4, -0.2) is 25.3 Å². The molecule has 0 amide bonds. The largest absolute Gasteiger partial charge is 0.496 e. The summed E-state index contributed by atoms with van der Waals surface area (Å²) >= 11 is 0. The molecule has 0 aromatic heterocycles. The number of anilines is 1. The molecule has 0 atom stereocenters. The number of rotatable bonds is 5. The van der Waals surface area contributed by atoms with Gasteiger partial charge < -0.3 is 25.1 Å². The molecule has 0 fully saturated rings. The monoisotopic (exact) mass is 289 g/mol. The van der Waals surface area contributed by atoms with Crippen molar-refractivity contribution < 1.29 is 24.1 Å². The van der Waals surface area contributed by atoms with Crippen molar-refractivity contribution in [2.75, 3.05) is 20.0 Å². The van der Waals surface area contributed by atoms with Gasteiger partial charge >= 0.3 is 5.97 Å². The number of hydrogen-bond donors (Lipinski definition) is 2. The lowest BCUT2D eigenvalue weighted by atomic mass is 10.2. The molecular formula is C15H15NO5. The third-order valence-electron chi connectivity index (χ3n) is 2.81. The summed E-state index contributed by atoms with van der Waals surface area (Å²) in [5.41, 5.74) is 5.84. The summed E-state index contributed by atoms with van der Waals surface area (Å²) in [4.78, 5) is 10.9. The molecule has 0 saturated carbocycles. The molecule has 6 nitrogen and oxygen atoms in total. The van der Waals surface area contributed by atoms with Crippen LogP contribution in [-0.2, 0) is 0 Å². The fraction of sp³-hybridized carbons (Fsp3) is 0.133. The van der Waals surface area contributed by atoms with E-state index in [9.17, 15) is 4.79 Å². The molecule has 3 N–H and O–H groups in total. The molecule has 0 aliphatic carbocycles. The van der Waals surface area contributed by atoms with Gasteiger partial charge in [-0.25, -0.2) is 4.79 Å². The van der Waals surface area contributed by atoms with Crippen molar-refractivity contribution in [3.8, 4) is 23.0 Å². The minimum absolute atomic E-state index is 0.0329. The molecule has 0 bridgehead atoms. The van der Waals surface area contributed by atoms with E-state index in [1.807, 2.05) is 0 Å². The van der Waals surface area contributed by atoms with Crippen LogP contribution in [0.2, 0.25) is 0 Å². The van der Waals surface area contributed by atoms with Gasteiger partial charge in [-0.2, -0.15) is 0 Å². The highest BCUT2D eigenvalue weighted by Crippen LogP contribution is 2.31. The van der Waals surface area contributed by atoms with E-state index >= 15 is 0 Å². The SMILES string of the molecule is COc1cc(OC)cc(Oc2ccc(C(=O)O)c(N)c2)c1. The van der Waals surface area contributed by atoms with E-state index in [1.165, 1.54) is 32.4 Å². The first-order valence-corrected chi connectivity index (χ1v) is 6.07. The lowest BCUT2D eigenvalue weighted by Crippen LogP contribution is -2.02.